The van der Waals surface area contributed by atoms with Crippen LogP contribution in [0.1, 0.15) is 53.4 Å². The molecule has 2 aromatic heterocycles. The Bertz CT molecular complexity index is 775. The molecule has 0 saturated carbocycles. The number of hydrogen-bond donors (Lipinski definition) is 2. The smallest absolute Gasteiger partial charge is 0.341 e. The third-order valence-corrected chi connectivity index (χ3v) is 5.73. The first kappa shape index (κ1) is 18.8. The fourth-order valence-electron chi connectivity index (χ4n) is 3.13. The van der Waals surface area contributed by atoms with Crippen LogP contribution in [0.25, 0.3) is 0 Å². The van der Waals surface area contributed by atoms with Gasteiger partial charge in [0.25, 0.3) is 0 Å². The quantitative estimate of drug-likeness (QED) is 0.579. The molecule has 1 aliphatic rings. The van der Waals surface area contributed by atoms with E-state index in [9.17, 15) is 4.79 Å². The first-order valence-electron chi connectivity index (χ1n) is 8.98. The molecular formula is C19H23N3O2S2. The molecule has 26 heavy (non-hydrogen) atoms. The van der Waals surface area contributed by atoms with Gasteiger partial charge in [-0.05, 0) is 62.5 Å². The second-order valence-electron chi connectivity index (χ2n) is 6.16. The monoisotopic (exact) mass is 389 g/mol. The Morgan fingerprint density at radius 2 is 1.92 bits per heavy atom. The maximum Gasteiger partial charge on any atom is 0.341 e. The van der Waals surface area contributed by atoms with Crippen LogP contribution < -0.4 is 10.6 Å². The average Bonchev–Trinajstić information content (AvgIpc) is 2.92. The van der Waals surface area contributed by atoms with Crippen molar-refractivity contribution in [3.05, 3.63) is 40.5 Å². The summed E-state index contributed by atoms with van der Waals surface area (Å²) in [6.07, 6.45) is 10.1. The van der Waals surface area contributed by atoms with Gasteiger partial charge in [0, 0.05) is 23.0 Å². The van der Waals surface area contributed by atoms with E-state index in [4.69, 9.17) is 17.0 Å². The molecular weight excluding hydrogens is 366 g/mol. The predicted octanol–water partition coefficient (Wildman–Crippen LogP) is 4.79. The summed E-state index contributed by atoms with van der Waals surface area (Å²) in [6.45, 7) is 2.19. The van der Waals surface area contributed by atoms with Crippen molar-refractivity contribution >= 4 is 45.3 Å². The van der Waals surface area contributed by atoms with Gasteiger partial charge < -0.3 is 15.4 Å². The topological polar surface area (TPSA) is 63.2 Å². The highest BCUT2D eigenvalue weighted by Crippen LogP contribution is 2.37. The summed E-state index contributed by atoms with van der Waals surface area (Å²) in [6, 6.07) is 3.68. The maximum atomic E-state index is 12.6. The molecule has 0 radical (unpaired) electrons. The summed E-state index contributed by atoms with van der Waals surface area (Å²) in [5.74, 6) is -0.264. The van der Waals surface area contributed by atoms with Crippen molar-refractivity contribution in [3.8, 4) is 0 Å². The van der Waals surface area contributed by atoms with Crippen molar-refractivity contribution in [1.82, 2.24) is 4.98 Å². The molecule has 0 spiro atoms. The number of carbonyl (C=O) groups is 1. The summed E-state index contributed by atoms with van der Waals surface area (Å²) in [7, 11) is 0. The Kier molecular flexibility index (Phi) is 6.57. The Morgan fingerprint density at radius 1 is 1.19 bits per heavy atom. The number of aromatic nitrogens is 1. The number of carbonyl (C=O) groups excluding carboxylic acids is 1. The Morgan fingerprint density at radius 3 is 2.65 bits per heavy atom. The highest BCUT2D eigenvalue weighted by Gasteiger charge is 2.25. The lowest BCUT2D eigenvalue weighted by molar-refractivity contribution is 0.0526. The number of ether oxygens (including phenoxy) is 1. The number of hydrogen-bond acceptors (Lipinski definition) is 5. The maximum absolute atomic E-state index is 12.6. The number of fused-ring (bicyclic) bond motifs is 1. The number of thiophene rings is 1. The number of nitrogens with zero attached hydrogens (tertiary/aromatic N) is 1. The number of thiocarbonyl (C=S) groups is 1. The number of anilines is 2. The number of rotatable bonds is 4. The molecule has 7 heteroatoms. The van der Waals surface area contributed by atoms with Gasteiger partial charge in [0.2, 0.25) is 0 Å². The summed E-state index contributed by atoms with van der Waals surface area (Å²) >= 11 is 7.06. The number of nitrogens with one attached hydrogen (secondary N) is 2. The molecule has 2 heterocycles. The summed E-state index contributed by atoms with van der Waals surface area (Å²) in [5.41, 5.74) is 2.65. The van der Waals surface area contributed by atoms with E-state index >= 15 is 0 Å². The van der Waals surface area contributed by atoms with Gasteiger partial charge in [-0.15, -0.1) is 11.3 Å². The average molecular weight is 390 g/mol. The SMILES string of the molecule is CCOC(=O)c1c(NC(=S)Nc2ccncc2)sc2c1CCCCCC2. The largest absolute Gasteiger partial charge is 0.462 e. The minimum Gasteiger partial charge on any atom is -0.462 e. The van der Waals surface area contributed by atoms with Crippen LogP contribution in [-0.2, 0) is 17.6 Å². The minimum atomic E-state index is -0.264. The van der Waals surface area contributed by atoms with Gasteiger partial charge in [0.15, 0.2) is 5.11 Å². The van der Waals surface area contributed by atoms with E-state index in [1.807, 2.05) is 19.1 Å². The van der Waals surface area contributed by atoms with Gasteiger partial charge in [-0.3, -0.25) is 4.98 Å². The molecule has 0 bridgehead atoms. The fourth-order valence-corrected chi connectivity index (χ4v) is 4.69. The minimum absolute atomic E-state index is 0.264. The third kappa shape index (κ3) is 4.59. The van der Waals surface area contributed by atoms with Crippen LogP contribution >= 0.6 is 23.6 Å². The molecule has 2 N–H and O–H groups in total. The normalized spacial score (nSPS) is 13.9. The highest BCUT2D eigenvalue weighted by molar-refractivity contribution is 7.80. The van der Waals surface area contributed by atoms with Gasteiger partial charge in [0.05, 0.1) is 12.2 Å². The van der Waals surface area contributed by atoms with Gasteiger partial charge >= 0.3 is 5.97 Å². The molecule has 0 unspecified atom stereocenters. The first-order chi connectivity index (χ1) is 12.7. The fraction of sp³-hybridized carbons (Fsp3) is 0.421. The van der Waals surface area contributed by atoms with Crippen molar-refractivity contribution < 1.29 is 9.53 Å². The second-order valence-corrected chi connectivity index (χ2v) is 7.67. The molecule has 0 fully saturated rings. The molecule has 3 rings (SSSR count). The zero-order valence-corrected chi connectivity index (χ0v) is 16.5. The first-order valence-corrected chi connectivity index (χ1v) is 10.2. The molecule has 5 nitrogen and oxygen atoms in total. The third-order valence-electron chi connectivity index (χ3n) is 4.32. The van der Waals surface area contributed by atoms with E-state index in [0.717, 1.165) is 41.9 Å². The van der Waals surface area contributed by atoms with Crippen LogP contribution in [0, 0.1) is 0 Å². The molecule has 0 aromatic carbocycles. The molecule has 0 amide bonds. The predicted molar refractivity (Wildman–Crippen MR) is 110 cm³/mol. The second kappa shape index (κ2) is 9.09. The molecule has 138 valence electrons. The van der Waals surface area contributed by atoms with E-state index in [2.05, 4.69) is 15.6 Å². The summed E-state index contributed by atoms with van der Waals surface area (Å²) < 4.78 is 5.32. The standard InChI is InChI=1S/C19H23N3O2S2/c1-2-24-18(23)16-14-7-5-3-4-6-8-15(14)26-17(16)22-19(25)21-13-9-11-20-12-10-13/h9-12H,2-8H2,1H3,(H2,20,21,22,25). The Balaban J connectivity index is 1.85. The van der Waals surface area contributed by atoms with Gasteiger partial charge in [-0.25, -0.2) is 4.79 Å². The zero-order chi connectivity index (χ0) is 18.4. The van der Waals surface area contributed by atoms with E-state index in [-0.39, 0.29) is 5.97 Å². The van der Waals surface area contributed by atoms with Crippen molar-refractivity contribution in [2.24, 2.45) is 0 Å². The van der Waals surface area contributed by atoms with E-state index in [1.165, 1.54) is 17.7 Å². The van der Waals surface area contributed by atoms with Gasteiger partial charge in [-0.2, -0.15) is 0 Å². The summed E-state index contributed by atoms with van der Waals surface area (Å²) in [4.78, 5) is 17.9. The highest BCUT2D eigenvalue weighted by atomic mass is 32.1. The van der Waals surface area contributed by atoms with Crippen LogP contribution in [0.3, 0.4) is 0 Å². The van der Waals surface area contributed by atoms with Crippen molar-refractivity contribution in [2.45, 2.75) is 45.4 Å². The van der Waals surface area contributed by atoms with Crippen LogP contribution in [0.4, 0.5) is 10.7 Å². The Hall–Kier alpha value is -1.99. The van der Waals surface area contributed by atoms with Crippen LogP contribution in [-0.4, -0.2) is 22.7 Å². The molecule has 2 aromatic rings. The lowest BCUT2D eigenvalue weighted by Crippen LogP contribution is -2.20. The molecule has 1 aliphatic carbocycles. The number of esters is 1. The van der Waals surface area contributed by atoms with E-state index in [0.29, 0.717) is 17.3 Å². The van der Waals surface area contributed by atoms with Crippen molar-refractivity contribution in [3.63, 3.8) is 0 Å². The number of aryl methyl sites for hydroxylation is 1. The van der Waals surface area contributed by atoms with Crippen LogP contribution in [0.2, 0.25) is 0 Å². The molecule has 0 saturated heterocycles. The van der Waals surface area contributed by atoms with Crippen molar-refractivity contribution in [2.75, 3.05) is 17.2 Å². The molecule has 0 atom stereocenters. The summed E-state index contributed by atoms with van der Waals surface area (Å²) in [5, 5.41) is 7.58. The van der Waals surface area contributed by atoms with Gasteiger partial charge in [0.1, 0.15) is 5.00 Å². The lowest BCUT2D eigenvalue weighted by atomic mass is 9.96. The van der Waals surface area contributed by atoms with Crippen molar-refractivity contribution in [1.29, 1.82) is 0 Å². The Labute approximate surface area is 163 Å². The zero-order valence-electron chi connectivity index (χ0n) is 14.8. The lowest BCUT2D eigenvalue weighted by Gasteiger charge is -2.12. The molecule has 0 aliphatic heterocycles. The van der Waals surface area contributed by atoms with E-state index in [1.54, 1.807) is 23.7 Å². The van der Waals surface area contributed by atoms with Crippen LogP contribution in [0.5, 0.6) is 0 Å². The van der Waals surface area contributed by atoms with E-state index < -0.39 is 0 Å². The van der Waals surface area contributed by atoms with Crippen LogP contribution in [0.15, 0.2) is 24.5 Å². The van der Waals surface area contributed by atoms with Gasteiger partial charge in [-0.1, -0.05) is 12.8 Å². The number of pyridine rings is 1.